The third-order valence-corrected chi connectivity index (χ3v) is 5.46. The van der Waals surface area contributed by atoms with Gasteiger partial charge in [-0.1, -0.05) is 24.3 Å². The topological polar surface area (TPSA) is 57.9 Å². The van der Waals surface area contributed by atoms with Crippen LogP contribution < -0.4 is 10.1 Å². The Bertz CT molecular complexity index is 1000. The molecule has 0 aliphatic carbocycles. The van der Waals surface area contributed by atoms with Crippen molar-refractivity contribution in [2.24, 2.45) is 5.92 Å². The molecule has 1 saturated heterocycles. The predicted molar refractivity (Wildman–Crippen MR) is 111 cm³/mol. The minimum atomic E-state index is -0.0550. The Morgan fingerprint density at radius 1 is 1.11 bits per heavy atom. The Kier molecular flexibility index (Phi) is 5.55. The lowest BCUT2D eigenvalue weighted by atomic mass is 9.89. The van der Waals surface area contributed by atoms with Crippen LogP contribution in [0, 0.1) is 24.2 Å². The molecule has 1 N–H and O–H groups in total. The maximum absolute atomic E-state index is 9.22. The van der Waals surface area contributed by atoms with Gasteiger partial charge in [0.2, 0.25) is 0 Å². The SMILES string of the molecule is Cc1ccc2ccc(C(Oc3cccc(C#N)c3)C3CCCNCC3)cc2n1. The number of nitrogens with zero attached hydrogens (tertiary/aromatic N) is 2. The van der Waals surface area contributed by atoms with E-state index in [9.17, 15) is 5.26 Å². The van der Waals surface area contributed by atoms with Crippen LogP contribution in [0.15, 0.2) is 54.6 Å². The highest BCUT2D eigenvalue weighted by Crippen LogP contribution is 2.35. The van der Waals surface area contributed by atoms with Crippen molar-refractivity contribution in [1.29, 1.82) is 5.26 Å². The highest BCUT2D eigenvalue weighted by Gasteiger charge is 2.26. The van der Waals surface area contributed by atoms with E-state index in [2.05, 4.69) is 35.7 Å². The molecule has 2 heterocycles. The summed E-state index contributed by atoms with van der Waals surface area (Å²) < 4.78 is 6.51. The maximum atomic E-state index is 9.22. The summed E-state index contributed by atoms with van der Waals surface area (Å²) in [4.78, 5) is 4.71. The molecule has 1 aliphatic heterocycles. The number of benzene rings is 2. The minimum absolute atomic E-state index is 0.0550. The van der Waals surface area contributed by atoms with Crippen LogP contribution in [-0.4, -0.2) is 18.1 Å². The van der Waals surface area contributed by atoms with Crippen LogP contribution in [-0.2, 0) is 0 Å². The van der Waals surface area contributed by atoms with Crippen molar-refractivity contribution in [3.8, 4) is 11.8 Å². The lowest BCUT2D eigenvalue weighted by Gasteiger charge is -2.28. The first-order chi connectivity index (χ1) is 13.7. The lowest BCUT2D eigenvalue weighted by Crippen LogP contribution is -2.21. The van der Waals surface area contributed by atoms with Gasteiger partial charge in [-0.05, 0) is 75.2 Å². The molecular formula is C24H25N3O. The molecule has 2 atom stereocenters. The summed E-state index contributed by atoms with van der Waals surface area (Å²) in [7, 11) is 0. The number of nitriles is 1. The van der Waals surface area contributed by atoms with Gasteiger partial charge in [-0.25, -0.2) is 0 Å². The molecule has 142 valence electrons. The Morgan fingerprint density at radius 3 is 2.89 bits per heavy atom. The zero-order chi connectivity index (χ0) is 19.3. The Balaban J connectivity index is 1.72. The monoisotopic (exact) mass is 371 g/mol. The summed E-state index contributed by atoms with van der Waals surface area (Å²) in [6, 6.07) is 20.3. The van der Waals surface area contributed by atoms with Crippen LogP contribution in [0.3, 0.4) is 0 Å². The van der Waals surface area contributed by atoms with Crippen molar-refractivity contribution in [2.75, 3.05) is 13.1 Å². The van der Waals surface area contributed by atoms with Crippen molar-refractivity contribution in [2.45, 2.75) is 32.3 Å². The van der Waals surface area contributed by atoms with Crippen molar-refractivity contribution < 1.29 is 4.74 Å². The van der Waals surface area contributed by atoms with Crippen molar-refractivity contribution in [3.63, 3.8) is 0 Å². The molecule has 4 nitrogen and oxygen atoms in total. The molecule has 1 aromatic heterocycles. The number of rotatable bonds is 4. The number of aromatic nitrogens is 1. The normalized spacial score (nSPS) is 18.2. The Labute approximate surface area is 166 Å². The summed E-state index contributed by atoms with van der Waals surface area (Å²) in [5, 5.41) is 13.9. The Hall–Kier alpha value is -2.90. The highest BCUT2D eigenvalue weighted by atomic mass is 16.5. The smallest absolute Gasteiger partial charge is 0.127 e. The number of nitrogens with one attached hydrogen (secondary N) is 1. The summed E-state index contributed by atoms with van der Waals surface area (Å²) in [5.41, 5.74) is 3.79. The molecule has 0 amide bonds. The van der Waals surface area contributed by atoms with E-state index < -0.39 is 0 Å². The fraction of sp³-hybridized carbons (Fsp3) is 0.333. The summed E-state index contributed by atoms with van der Waals surface area (Å²) >= 11 is 0. The number of ether oxygens (including phenoxy) is 1. The van der Waals surface area contributed by atoms with Crippen molar-refractivity contribution in [1.82, 2.24) is 10.3 Å². The summed E-state index contributed by atoms with van der Waals surface area (Å²) in [6.45, 7) is 4.09. The van der Waals surface area contributed by atoms with Gasteiger partial charge in [0.15, 0.2) is 0 Å². The second-order valence-electron chi connectivity index (χ2n) is 7.52. The van der Waals surface area contributed by atoms with E-state index >= 15 is 0 Å². The van der Waals surface area contributed by atoms with Crippen LogP contribution in [0.2, 0.25) is 0 Å². The zero-order valence-corrected chi connectivity index (χ0v) is 16.2. The number of aryl methyl sites for hydroxylation is 1. The van der Waals surface area contributed by atoms with E-state index in [0.29, 0.717) is 11.5 Å². The van der Waals surface area contributed by atoms with E-state index in [1.165, 1.54) is 0 Å². The zero-order valence-electron chi connectivity index (χ0n) is 16.2. The van der Waals surface area contributed by atoms with Gasteiger partial charge in [0.1, 0.15) is 11.9 Å². The van der Waals surface area contributed by atoms with E-state index in [1.54, 1.807) is 6.07 Å². The molecule has 1 fully saturated rings. The second-order valence-corrected chi connectivity index (χ2v) is 7.52. The second kappa shape index (κ2) is 8.41. The van der Waals surface area contributed by atoms with Crippen LogP contribution in [0.1, 0.15) is 42.2 Å². The van der Waals surface area contributed by atoms with Gasteiger partial charge >= 0.3 is 0 Å². The standard InChI is InChI=1S/C24H25N3O/c1-17-7-8-19-9-10-21(15-23(19)27-17)24(20-5-3-12-26-13-11-20)28-22-6-2-4-18(14-22)16-25/h2,4,6-10,14-15,20,24,26H,3,5,11-13H2,1H3. The number of pyridine rings is 1. The van der Waals surface area contributed by atoms with E-state index in [1.807, 2.05) is 31.2 Å². The molecule has 2 aromatic carbocycles. The Morgan fingerprint density at radius 2 is 2.00 bits per heavy atom. The van der Waals surface area contributed by atoms with Gasteiger partial charge in [0.25, 0.3) is 0 Å². The third kappa shape index (κ3) is 4.16. The van der Waals surface area contributed by atoms with Gasteiger partial charge in [0, 0.05) is 17.0 Å². The van der Waals surface area contributed by atoms with E-state index in [4.69, 9.17) is 9.72 Å². The largest absolute Gasteiger partial charge is 0.485 e. The van der Waals surface area contributed by atoms with Crippen LogP contribution in [0.4, 0.5) is 0 Å². The summed E-state index contributed by atoms with van der Waals surface area (Å²) in [5.74, 6) is 1.17. The fourth-order valence-electron chi connectivity index (χ4n) is 3.98. The van der Waals surface area contributed by atoms with Gasteiger partial charge < -0.3 is 10.1 Å². The predicted octanol–water partition coefficient (Wildman–Crippen LogP) is 4.92. The van der Waals surface area contributed by atoms with Crippen molar-refractivity contribution in [3.05, 3.63) is 71.4 Å². The highest BCUT2D eigenvalue weighted by molar-refractivity contribution is 5.79. The third-order valence-electron chi connectivity index (χ3n) is 5.46. The molecular weight excluding hydrogens is 346 g/mol. The molecule has 28 heavy (non-hydrogen) atoms. The number of hydrogen-bond acceptors (Lipinski definition) is 4. The van der Waals surface area contributed by atoms with Gasteiger partial charge in [0.05, 0.1) is 17.1 Å². The average molecular weight is 371 g/mol. The first-order valence-corrected chi connectivity index (χ1v) is 9.98. The molecule has 0 spiro atoms. The quantitative estimate of drug-likeness (QED) is 0.707. The molecule has 2 unspecified atom stereocenters. The molecule has 4 heteroatoms. The van der Waals surface area contributed by atoms with Gasteiger partial charge in [-0.15, -0.1) is 0 Å². The van der Waals surface area contributed by atoms with Gasteiger partial charge in [-0.2, -0.15) is 5.26 Å². The molecule has 3 aromatic rings. The molecule has 0 bridgehead atoms. The number of fused-ring (bicyclic) bond motifs is 1. The first kappa shape index (κ1) is 18.5. The number of hydrogen-bond donors (Lipinski definition) is 1. The first-order valence-electron chi connectivity index (χ1n) is 9.98. The van der Waals surface area contributed by atoms with Crippen LogP contribution >= 0.6 is 0 Å². The molecule has 1 aliphatic rings. The summed E-state index contributed by atoms with van der Waals surface area (Å²) in [6.07, 6.45) is 3.28. The maximum Gasteiger partial charge on any atom is 0.127 e. The molecule has 4 rings (SSSR count). The molecule has 0 radical (unpaired) electrons. The van der Waals surface area contributed by atoms with Crippen LogP contribution in [0.25, 0.3) is 10.9 Å². The molecule has 0 saturated carbocycles. The minimum Gasteiger partial charge on any atom is -0.485 e. The van der Waals surface area contributed by atoms with E-state index in [0.717, 1.165) is 60.3 Å². The van der Waals surface area contributed by atoms with Crippen LogP contribution in [0.5, 0.6) is 5.75 Å². The van der Waals surface area contributed by atoms with Crippen molar-refractivity contribution >= 4 is 10.9 Å². The lowest BCUT2D eigenvalue weighted by molar-refractivity contribution is 0.126. The van der Waals surface area contributed by atoms with E-state index in [-0.39, 0.29) is 6.10 Å². The van der Waals surface area contributed by atoms with Gasteiger partial charge in [-0.3, -0.25) is 4.98 Å². The average Bonchev–Trinajstić information content (AvgIpc) is 3.01. The fourth-order valence-corrected chi connectivity index (χ4v) is 3.98.